The van der Waals surface area contributed by atoms with Crippen molar-refractivity contribution in [2.45, 2.75) is 0 Å². The van der Waals surface area contributed by atoms with Crippen LogP contribution in [0.25, 0.3) is 0 Å². The van der Waals surface area contributed by atoms with Gasteiger partial charge in [0.1, 0.15) is 0 Å². The van der Waals surface area contributed by atoms with Gasteiger partial charge in [0, 0.05) is 36.4 Å². The minimum absolute atomic E-state index is 1.88. The van der Waals surface area contributed by atoms with E-state index in [0.717, 1.165) is 0 Å². The van der Waals surface area contributed by atoms with Gasteiger partial charge in [0.15, 0.2) is 37.2 Å². The summed E-state index contributed by atoms with van der Waals surface area (Å²) < 4.78 is 0. The Bertz CT molecular complexity index is 302. The maximum absolute atomic E-state index is 2.89. The van der Waals surface area contributed by atoms with E-state index in [-0.39, 0.29) is 0 Å². The molecule has 3 heterocycles. The lowest BCUT2D eigenvalue weighted by molar-refractivity contribution is -0.378. The summed E-state index contributed by atoms with van der Waals surface area (Å²) in [4.78, 5) is 8.68. The van der Waals surface area contributed by atoms with Crippen molar-refractivity contribution in [1.82, 2.24) is 0 Å². The van der Waals surface area contributed by atoms with Crippen LogP contribution in [0.1, 0.15) is 0 Å². The average molecular weight is 240 g/mol. The number of nitrogens with one attached hydrogen (secondary N) is 3. The van der Waals surface area contributed by atoms with Crippen LogP contribution < -0.4 is 15.0 Å². The SMILES string of the molecule is c1cc[nH+]cc1.c1cc[nH+]cc1.c1cc[nH+]cc1. The van der Waals surface area contributed by atoms with Gasteiger partial charge < -0.3 is 0 Å². The Kier molecular flexibility index (Phi) is 8.22. The number of aromatic amines is 3. The molecule has 0 radical (unpaired) electrons. The summed E-state index contributed by atoms with van der Waals surface area (Å²) in [6.45, 7) is 0. The molecule has 0 saturated carbocycles. The summed E-state index contributed by atoms with van der Waals surface area (Å²) >= 11 is 0. The van der Waals surface area contributed by atoms with Crippen molar-refractivity contribution in [2.75, 3.05) is 0 Å². The first-order valence-corrected chi connectivity index (χ1v) is 5.73. The summed E-state index contributed by atoms with van der Waals surface area (Å²) in [5.41, 5.74) is 0. The fraction of sp³-hybridized carbons (Fsp3) is 0. The van der Waals surface area contributed by atoms with Gasteiger partial charge in [-0.2, -0.15) is 0 Å². The normalized spacial score (nSPS) is 8.00. The largest absolute Gasteiger partial charge is 0.218 e. The first-order valence-electron chi connectivity index (χ1n) is 5.73. The monoisotopic (exact) mass is 240 g/mol. The lowest BCUT2D eigenvalue weighted by atomic mass is 10.5. The van der Waals surface area contributed by atoms with E-state index in [1.807, 2.05) is 91.8 Å². The highest BCUT2D eigenvalue weighted by atomic mass is 14.6. The molecular formula is C15H18N3+3. The fourth-order valence-corrected chi connectivity index (χ4v) is 1.03. The summed E-state index contributed by atoms with van der Waals surface area (Å²) in [5.74, 6) is 0. The molecule has 3 rings (SSSR count). The molecule has 90 valence electrons. The predicted octanol–water partition coefficient (Wildman–Crippen LogP) is 1.50. The van der Waals surface area contributed by atoms with Crippen LogP contribution >= 0.6 is 0 Å². The first-order chi connectivity index (χ1) is 9.00. The topological polar surface area (TPSA) is 42.4 Å². The number of rotatable bonds is 0. The second-order valence-electron chi connectivity index (χ2n) is 3.23. The highest BCUT2D eigenvalue weighted by molar-refractivity contribution is 4.83. The van der Waals surface area contributed by atoms with Gasteiger partial charge in [0.05, 0.1) is 0 Å². The zero-order valence-electron chi connectivity index (χ0n) is 10.2. The van der Waals surface area contributed by atoms with Crippen LogP contribution in [0, 0.1) is 0 Å². The van der Waals surface area contributed by atoms with Gasteiger partial charge in [-0.3, -0.25) is 0 Å². The van der Waals surface area contributed by atoms with Crippen LogP contribution in [0.5, 0.6) is 0 Å². The Morgan fingerprint density at radius 3 is 0.556 bits per heavy atom. The highest BCUT2D eigenvalue weighted by Gasteiger charge is 1.67. The molecule has 0 saturated heterocycles. The molecule has 0 amide bonds. The Hall–Kier alpha value is -2.55. The molecule has 0 unspecified atom stereocenters. The smallest absolute Gasteiger partial charge is 0.166 e. The fourth-order valence-electron chi connectivity index (χ4n) is 1.03. The lowest BCUT2D eigenvalue weighted by Gasteiger charge is -1.63. The zero-order valence-corrected chi connectivity index (χ0v) is 10.2. The Balaban J connectivity index is 0.000000135. The Labute approximate surface area is 107 Å². The van der Waals surface area contributed by atoms with Gasteiger partial charge in [0.25, 0.3) is 0 Å². The maximum Gasteiger partial charge on any atom is 0.166 e. The molecule has 0 fully saturated rings. The van der Waals surface area contributed by atoms with E-state index in [2.05, 4.69) is 15.0 Å². The van der Waals surface area contributed by atoms with Crippen LogP contribution in [0.3, 0.4) is 0 Å². The molecule has 0 bridgehead atoms. The third kappa shape index (κ3) is 8.73. The molecule has 0 aliphatic carbocycles. The van der Waals surface area contributed by atoms with Crippen molar-refractivity contribution < 1.29 is 15.0 Å². The van der Waals surface area contributed by atoms with E-state index in [9.17, 15) is 0 Å². The quantitative estimate of drug-likeness (QED) is 0.571. The number of aromatic nitrogens is 3. The molecule has 3 N–H and O–H groups in total. The van der Waals surface area contributed by atoms with Gasteiger partial charge >= 0.3 is 0 Å². The maximum atomic E-state index is 2.89. The van der Waals surface area contributed by atoms with Gasteiger partial charge in [-0.1, -0.05) is 18.2 Å². The molecule has 0 spiro atoms. The van der Waals surface area contributed by atoms with Crippen molar-refractivity contribution in [2.24, 2.45) is 0 Å². The third-order valence-electron chi connectivity index (χ3n) is 1.82. The van der Waals surface area contributed by atoms with E-state index >= 15 is 0 Å². The summed E-state index contributed by atoms with van der Waals surface area (Å²) in [5, 5.41) is 0. The zero-order chi connectivity index (χ0) is 12.7. The van der Waals surface area contributed by atoms with Gasteiger partial charge in [-0.25, -0.2) is 15.0 Å². The molecule has 0 atom stereocenters. The van der Waals surface area contributed by atoms with Crippen LogP contribution in [-0.2, 0) is 0 Å². The van der Waals surface area contributed by atoms with E-state index < -0.39 is 0 Å². The number of hydrogen-bond donors (Lipinski definition) is 0. The summed E-state index contributed by atoms with van der Waals surface area (Å²) in [6.07, 6.45) is 11.2. The van der Waals surface area contributed by atoms with Crippen molar-refractivity contribution in [3.05, 3.63) is 91.8 Å². The molecule has 3 aromatic heterocycles. The minimum atomic E-state index is 1.88. The van der Waals surface area contributed by atoms with Gasteiger partial charge in [-0.05, 0) is 0 Å². The van der Waals surface area contributed by atoms with Gasteiger partial charge in [-0.15, -0.1) is 0 Å². The summed E-state index contributed by atoms with van der Waals surface area (Å²) in [7, 11) is 0. The third-order valence-corrected chi connectivity index (χ3v) is 1.82. The van der Waals surface area contributed by atoms with Crippen molar-refractivity contribution in [3.63, 3.8) is 0 Å². The highest BCUT2D eigenvalue weighted by Crippen LogP contribution is 1.69. The second-order valence-corrected chi connectivity index (χ2v) is 3.23. The van der Waals surface area contributed by atoms with E-state index in [1.165, 1.54) is 0 Å². The Morgan fingerprint density at radius 2 is 0.500 bits per heavy atom. The molecule has 3 aromatic rings. The number of H-pyrrole nitrogens is 3. The van der Waals surface area contributed by atoms with Crippen LogP contribution in [0.15, 0.2) is 91.8 Å². The molecule has 0 aliphatic heterocycles. The molecule has 18 heavy (non-hydrogen) atoms. The second kappa shape index (κ2) is 11.0. The lowest BCUT2D eigenvalue weighted by Crippen LogP contribution is -1.93. The molecule has 0 aromatic carbocycles. The number of pyridine rings is 3. The molecule has 3 nitrogen and oxygen atoms in total. The van der Waals surface area contributed by atoms with Gasteiger partial charge in [0.2, 0.25) is 0 Å². The van der Waals surface area contributed by atoms with Crippen LogP contribution in [0.2, 0.25) is 0 Å². The number of hydrogen-bond acceptors (Lipinski definition) is 0. The molecular weight excluding hydrogens is 222 g/mol. The van der Waals surface area contributed by atoms with E-state index in [1.54, 1.807) is 0 Å². The van der Waals surface area contributed by atoms with Crippen molar-refractivity contribution >= 4 is 0 Å². The molecule has 3 heteroatoms. The van der Waals surface area contributed by atoms with Crippen LogP contribution in [0.4, 0.5) is 0 Å². The van der Waals surface area contributed by atoms with Crippen LogP contribution in [-0.4, -0.2) is 0 Å². The van der Waals surface area contributed by atoms with Crippen molar-refractivity contribution in [3.8, 4) is 0 Å². The van der Waals surface area contributed by atoms with E-state index in [0.29, 0.717) is 0 Å². The van der Waals surface area contributed by atoms with E-state index in [4.69, 9.17) is 0 Å². The Morgan fingerprint density at radius 1 is 0.278 bits per heavy atom. The minimum Gasteiger partial charge on any atom is -0.218 e. The van der Waals surface area contributed by atoms with Crippen molar-refractivity contribution in [1.29, 1.82) is 0 Å². The molecule has 0 aliphatic rings. The predicted molar refractivity (Wildman–Crippen MR) is 69.0 cm³/mol. The first kappa shape index (κ1) is 13.5. The average Bonchev–Trinajstić information content (AvgIpc) is 2.54. The summed E-state index contributed by atoms with van der Waals surface area (Å²) in [6, 6.07) is 17.6. The standard InChI is InChI=1S/3C5H5N/c3*1-2-4-6-5-3-1/h3*1-5H/p+3.